The van der Waals surface area contributed by atoms with Crippen molar-refractivity contribution in [1.82, 2.24) is 9.97 Å². The second-order valence-corrected chi connectivity index (χ2v) is 2.63. The average Bonchev–Trinajstić information content (AvgIpc) is 2.12. The van der Waals surface area contributed by atoms with Gasteiger partial charge in [0.05, 0.1) is 5.52 Å². The van der Waals surface area contributed by atoms with Gasteiger partial charge < -0.3 is 0 Å². The second-order valence-electron chi connectivity index (χ2n) is 2.63. The maximum Gasteiger partial charge on any atom is 0.126 e. The summed E-state index contributed by atoms with van der Waals surface area (Å²) in [6.07, 6.45) is 3.08. The van der Waals surface area contributed by atoms with Crippen LogP contribution in [-0.2, 0) is 0 Å². The monoisotopic (exact) mass is 162 g/mol. The molecule has 0 saturated heterocycles. The van der Waals surface area contributed by atoms with E-state index in [-0.39, 0.29) is 5.82 Å². The van der Waals surface area contributed by atoms with E-state index in [9.17, 15) is 4.39 Å². The van der Waals surface area contributed by atoms with E-state index in [0.29, 0.717) is 5.56 Å². The van der Waals surface area contributed by atoms with Gasteiger partial charge in [0.2, 0.25) is 0 Å². The third kappa shape index (κ3) is 0.942. The van der Waals surface area contributed by atoms with Crippen molar-refractivity contribution in [2.45, 2.75) is 6.92 Å². The SMILES string of the molecule is Cc1c(F)ccc2ncncc12. The smallest absolute Gasteiger partial charge is 0.126 e. The molecule has 0 aliphatic rings. The fourth-order valence-electron chi connectivity index (χ4n) is 1.17. The molecule has 0 aliphatic carbocycles. The molecule has 1 heterocycles. The summed E-state index contributed by atoms with van der Waals surface area (Å²) in [5.41, 5.74) is 1.39. The third-order valence-electron chi connectivity index (χ3n) is 1.89. The molecule has 0 spiro atoms. The molecule has 3 heteroatoms. The van der Waals surface area contributed by atoms with Crippen LogP contribution in [0, 0.1) is 12.7 Å². The molecule has 0 saturated carbocycles. The van der Waals surface area contributed by atoms with Gasteiger partial charge in [0.1, 0.15) is 12.1 Å². The average molecular weight is 162 g/mol. The first-order chi connectivity index (χ1) is 5.79. The molecule has 2 rings (SSSR count). The summed E-state index contributed by atoms with van der Waals surface area (Å²) in [5.74, 6) is -0.211. The van der Waals surface area contributed by atoms with Crippen molar-refractivity contribution in [2.24, 2.45) is 0 Å². The van der Waals surface area contributed by atoms with E-state index in [2.05, 4.69) is 9.97 Å². The zero-order valence-electron chi connectivity index (χ0n) is 6.58. The lowest BCUT2D eigenvalue weighted by Gasteiger charge is -2.00. The van der Waals surface area contributed by atoms with Crippen LogP contribution in [-0.4, -0.2) is 9.97 Å². The summed E-state index contributed by atoms with van der Waals surface area (Å²) in [4.78, 5) is 7.84. The first-order valence-electron chi connectivity index (χ1n) is 3.64. The highest BCUT2D eigenvalue weighted by molar-refractivity contribution is 5.80. The van der Waals surface area contributed by atoms with Crippen LogP contribution >= 0.6 is 0 Å². The summed E-state index contributed by atoms with van der Waals surface area (Å²) in [5, 5.41) is 0.775. The first-order valence-corrected chi connectivity index (χ1v) is 3.64. The normalized spacial score (nSPS) is 10.5. The molecule has 2 aromatic rings. The van der Waals surface area contributed by atoms with E-state index in [1.165, 1.54) is 12.4 Å². The van der Waals surface area contributed by atoms with Crippen LogP contribution in [0.25, 0.3) is 10.9 Å². The Morgan fingerprint density at radius 2 is 2.17 bits per heavy atom. The molecule has 0 unspecified atom stereocenters. The molecule has 0 fully saturated rings. The van der Waals surface area contributed by atoms with E-state index in [4.69, 9.17) is 0 Å². The van der Waals surface area contributed by atoms with Gasteiger partial charge in [-0.25, -0.2) is 14.4 Å². The molecule has 0 amide bonds. The predicted octanol–water partition coefficient (Wildman–Crippen LogP) is 2.08. The fourth-order valence-corrected chi connectivity index (χ4v) is 1.17. The Morgan fingerprint density at radius 1 is 1.33 bits per heavy atom. The molecular weight excluding hydrogens is 155 g/mol. The molecule has 2 nitrogen and oxygen atoms in total. The molecule has 0 atom stereocenters. The van der Waals surface area contributed by atoms with Crippen LogP contribution in [0.5, 0.6) is 0 Å². The zero-order valence-corrected chi connectivity index (χ0v) is 6.58. The molecule has 0 aliphatic heterocycles. The van der Waals surface area contributed by atoms with Crippen molar-refractivity contribution in [3.8, 4) is 0 Å². The first kappa shape index (κ1) is 7.16. The van der Waals surface area contributed by atoms with Crippen molar-refractivity contribution >= 4 is 10.9 Å². The van der Waals surface area contributed by atoms with Gasteiger partial charge >= 0.3 is 0 Å². The van der Waals surface area contributed by atoms with Crippen molar-refractivity contribution in [2.75, 3.05) is 0 Å². The Balaban J connectivity index is 2.91. The van der Waals surface area contributed by atoms with Crippen molar-refractivity contribution < 1.29 is 4.39 Å². The lowest BCUT2D eigenvalue weighted by molar-refractivity contribution is 0.621. The minimum Gasteiger partial charge on any atom is -0.244 e. The van der Waals surface area contributed by atoms with Crippen molar-refractivity contribution in [1.29, 1.82) is 0 Å². The maximum atomic E-state index is 13.0. The molecule has 1 aromatic heterocycles. The number of aromatic nitrogens is 2. The standard InChI is InChI=1S/C9H7FN2/c1-6-7-4-11-5-12-9(7)3-2-8(6)10/h2-5H,1H3. The van der Waals surface area contributed by atoms with Gasteiger partial charge in [-0.3, -0.25) is 0 Å². The number of nitrogens with zero attached hydrogens (tertiary/aromatic N) is 2. The lowest BCUT2D eigenvalue weighted by Crippen LogP contribution is -1.87. The summed E-state index contributed by atoms with van der Waals surface area (Å²) >= 11 is 0. The molecule has 0 radical (unpaired) electrons. The number of benzene rings is 1. The largest absolute Gasteiger partial charge is 0.244 e. The van der Waals surface area contributed by atoms with Crippen molar-refractivity contribution in [3.05, 3.63) is 36.0 Å². The van der Waals surface area contributed by atoms with E-state index in [1.54, 1.807) is 19.2 Å². The number of hydrogen-bond donors (Lipinski definition) is 0. The van der Waals surface area contributed by atoms with E-state index in [0.717, 1.165) is 10.9 Å². The predicted molar refractivity (Wildman–Crippen MR) is 44.2 cm³/mol. The topological polar surface area (TPSA) is 25.8 Å². The van der Waals surface area contributed by atoms with E-state index < -0.39 is 0 Å². The molecular formula is C9H7FN2. The number of halogens is 1. The van der Waals surface area contributed by atoms with Crippen LogP contribution in [0.2, 0.25) is 0 Å². The zero-order chi connectivity index (χ0) is 8.55. The minimum atomic E-state index is -0.211. The Morgan fingerprint density at radius 3 is 3.00 bits per heavy atom. The van der Waals surface area contributed by atoms with Gasteiger partial charge in [0.15, 0.2) is 0 Å². The highest BCUT2D eigenvalue weighted by Crippen LogP contribution is 2.17. The van der Waals surface area contributed by atoms with Gasteiger partial charge in [-0.05, 0) is 24.6 Å². The Hall–Kier alpha value is -1.51. The Bertz CT molecular complexity index is 426. The number of hydrogen-bond acceptors (Lipinski definition) is 2. The van der Waals surface area contributed by atoms with Crippen LogP contribution in [0.15, 0.2) is 24.7 Å². The van der Waals surface area contributed by atoms with Crippen LogP contribution < -0.4 is 0 Å². The maximum absolute atomic E-state index is 13.0. The summed E-state index contributed by atoms with van der Waals surface area (Å²) < 4.78 is 13.0. The number of aryl methyl sites for hydroxylation is 1. The van der Waals surface area contributed by atoms with Crippen LogP contribution in [0.3, 0.4) is 0 Å². The quantitative estimate of drug-likeness (QED) is 0.592. The van der Waals surface area contributed by atoms with Crippen molar-refractivity contribution in [3.63, 3.8) is 0 Å². The third-order valence-corrected chi connectivity index (χ3v) is 1.89. The number of rotatable bonds is 0. The summed E-state index contributed by atoms with van der Waals surface area (Å²) in [7, 11) is 0. The minimum absolute atomic E-state index is 0.211. The Labute approximate surface area is 69.1 Å². The van der Waals surface area contributed by atoms with E-state index >= 15 is 0 Å². The second kappa shape index (κ2) is 2.52. The highest BCUT2D eigenvalue weighted by Gasteiger charge is 2.02. The molecule has 0 N–H and O–H groups in total. The lowest BCUT2D eigenvalue weighted by atomic mass is 10.1. The van der Waals surface area contributed by atoms with Gasteiger partial charge in [0, 0.05) is 11.6 Å². The van der Waals surface area contributed by atoms with Gasteiger partial charge in [0.25, 0.3) is 0 Å². The van der Waals surface area contributed by atoms with Gasteiger partial charge in [-0.1, -0.05) is 0 Å². The molecule has 0 bridgehead atoms. The van der Waals surface area contributed by atoms with E-state index in [1.807, 2.05) is 0 Å². The number of fused-ring (bicyclic) bond motifs is 1. The van der Waals surface area contributed by atoms with Crippen LogP contribution in [0.1, 0.15) is 5.56 Å². The molecule has 60 valence electrons. The Kier molecular flexibility index (Phi) is 1.50. The fraction of sp³-hybridized carbons (Fsp3) is 0.111. The highest BCUT2D eigenvalue weighted by atomic mass is 19.1. The van der Waals surface area contributed by atoms with Crippen LogP contribution in [0.4, 0.5) is 4.39 Å². The molecule has 12 heavy (non-hydrogen) atoms. The summed E-state index contributed by atoms with van der Waals surface area (Å²) in [6, 6.07) is 3.07. The molecule has 1 aromatic carbocycles. The summed E-state index contributed by atoms with van der Waals surface area (Å²) in [6.45, 7) is 1.72. The van der Waals surface area contributed by atoms with Gasteiger partial charge in [-0.15, -0.1) is 0 Å². The van der Waals surface area contributed by atoms with Gasteiger partial charge in [-0.2, -0.15) is 0 Å².